The van der Waals surface area contributed by atoms with E-state index in [4.69, 9.17) is 14.2 Å². The second kappa shape index (κ2) is 8.60. The summed E-state index contributed by atoms with van der Waals surface area (Å²) in [6.45, 7) is 3.69. The van der Waals surface area contributed by atoms with Crippen molar-refractivity contribution in [3.8, 4) is 17.2 Å². The molecule has 1 N–H and O–H groups in total. The number of carbonyl (C=O) groups is 1. The molecule has 0 aliphatic carbocycles. The van der Waals surface area contributed by atoms with Gasteiger partial charge in [0.2, 0.25) is 11.7 Å². The third kappa shape index (κ3) is 3.82. The van der Waals surface area contributed by atoms with Crippen LogP contribution in [-0.4, -0.2) is 42.5 Å². The number of amides is 1. The smallest absolute Gasteiger partial charge is 0.279 e. The van der Waals surface area contributed by atoms with Gasteiger partial charge in [-0.25, -0.2) is 0 Å². The van der Waals surface area contributed by atoms with Crippen molar-refractivity contribution in [2.45, 2.75) is 17.5 Å². The molecule has 1 aliphatic heterocycles. The average Bonchev–Trinajstić information content (AvgIpc) is 2.73. The van der Waals surface area contributed by atoms with E-state index >= 15 is 0 Å². The maximum absolute atomic E-state index is 12.9. The molecule has 0 fully saturated rings. The summed E-state index contributed by atoms with van der Waals surface area (Å²) in [6, 6.07) is 3.52. The number of fused-ring (bicyclic) bond motifs is 1. The molecule has 1 aliphatic rings. The van der Waals surface area contributed by atoms with E-state index < -0.39 is 5.92 Å². The van der Waals surface area contributed by atoms with Crippen LogP contribution in [0.3, 0.4) is 0 Å². The number of methoxy groups -OCH3 is 3. The molecular formula is C20H23N3O5S. The van der Waals surface area contributed by atoms with E-state index in [1.54, 1.807) is 29.8 Å². The Morgan fingerprint density at radius 2 is 1.90 bits per heavy atom. The number of aromatic nitrogens is 2. The van der Waals surface area contributed by atoms with Crippen LogP contribution >= 0.6 is 11.8 Å². The lowest BCUT2D eigenvalue weighted by molar-refractivity contribution is -0.116. The summed E-state index contributed by atoms with van der Waals surface area (Å²) < 4.78 is 17.9. The molecule has 0 saturated carbocycles. The van der Waals surface area contributed by atoms with Gasteiger partial charge in [-0.2, -0.15) is 4.98 Å². The molecule has 3 rings (SSSR count). The SMILES string of the molecule is C=CCSc1nc(=O)c2c(n1C)NC(=O)C[C@@H]2c1cc(OC)c(OC)c(OC)c1. The molecule has 0 spiro atoms. The zero-order valence-corrected chi connectivity index (χ0v) is 17.6. The first kappa shape index (κ1) is 20.8. The fourth-order valence-electron chi connectivity index (χ4n) is 3.39. The van der Waals surface area contributed by atoms with E-state index in [-0.39, 0.29) is 17.9 Å². The Labute approximate surface area is 172 Å². The van der Waals surface area contributed by atoms with Gasteiger partial charge in [-0.3, -0.25) is 9.59 Å². The predicted octanol–water partition coefficient (Wildman–Crippen LogP) is 2.56. The van der Waals surface area contributed by atoms with E-state index in [9.17, 15) is 9.59 Å². The quantitative estimate of drug-likeness (QED) is 0.420. The maximum atomic E-state index is 12.9. The van der Waals surface area contributed by atoms with E-state index in [1.165, 1.54) is 33.1 Å². The van der Waals surface area contributed by atoms with Crippen LogP contribution in [0.2, 0.25) is 0 Å². The van der Waals surface area contributed by atoms with Crippen molar-refractivity contribution in [2.75, 3.05) is 32.4 Å². The molecule has 29 heavy (non-hydrogen) atoms. The lowest BCUT2D eigenvalue weighted by Gasteiger charge is -2.28. The van der Waals surface area contributed by atoms with E-state index in [0.29, 0.717) is 45.1 Å². The number of hydrogen-bond acceptors (Lipinski definition) is 7. The van der Waals surface area contributed by atoms with Crippen molar-refractivity contribution in [3.63, 3.8) is 0 Å². The minimum absolute atomic E-state index is 0.113. The van der Waals surface area contributed by atoms with Crippen molar-refractivity contribution >= 4 is 23.5 Å². The molecule has 1 amide bonds. The Bertz CT molecular complexity index is 993. The molecule has 0 unspecified atom stereocenters. The van der Waals surface area contributed by atoms with Crippen molar-refractivity contribution in [3.05, 3.63) is 46.3 Å². The molecule has 0 bridgehead atoms. The van der Waals surface area contributed by atoms with Crippen LogP contribution in [0.1, 0.15) is 23.5 Å². The van der Waals surface area contributed by atoms with Crippen LogP contribution in [0.25, 0.3) is 0 Å². The Morgan fingerprint density at radius 1 is 1.24 bits per heavy atom. The normalized spacial score (nSPS) is 15.3. The lowest BCUT2D eigenvalue weighted by Crippen LogP contribution is -2.33. The Hall–Kier alpha value is -2.94. The molecule has 1 aromatic carbocycles. The highest BCUT2D eigenvalue weighted by Gasteiger charge is 2.33. The molecule has 9 heteroatoms. The standard InChI is InChI=1S/C20H23N3O5S/c1-6-7-29-20-22-19(25)16-12(10-15(24)21-18(16)23(20)2)11-8-13(26-3)17(28-5)14(9-11)27-4/h6,8-9,12H,1,7,10H2,2-5H3,(H,21,24)/t12-/m1/s1. The summed E-state index contributed by atoms with van der Waals surface area (Å²) in [6.07, 6.45) is 1.84. The van der Waals surface area contributed by atoms with Crippen LogP contribution in [0.15, 0.2) is 34.7 Å². The Balaban J connectivity index is 2.19. The number of hydrogen-bond donors (Lipinski definition) is 1. The molecule has 2 aromatic rings. The predicted molar refractivity (Wildman–Crippen MR) is 112 cm³/mol. The zero-order chi connectivity index (χ0) is 21.1. The number of anilines is 1. The third-order valence-electron chi connectivity index (χ3n) is 4.72. The third-order valence-corrected chi connectivity index (χ3v) is 5.75. The molecule has 0 saturated heterocycles. The largest absolute Gasteiger partial charge is 0.493 e. The fraction of sp³-hybridized carbons (Fsp3) is 0.350. The van der Waals surface area contributed by atoms with Crippen LogP contribution in [0, 0.1) is 0 Å². The van der Waals surface area contributed by atoms with Crippen molar-refractivity contribution in [1.82, 2.24) is 9.55 Å². The number of nitrogens with zero attached hydrogens (tertiary/aromatic N) is 2. The molecule has 1 aromatic heterocycles. The number of nitrogens with one attached hydrogen (secondary N) is 1. The number of ether oxygens (including phenoxy) is 3. The van der Waals surface area contributed by atoms with Crippen LogP contribution < -0.4 is 25.1 Å². The van der Waals surface area contributed by atoms with E-state index in [2.05, 4.69) is 16.9 Å². The summed E-state index contributed by atoms with van der Waals surface area (Å²) >= 11 is 1.38. The van der Waals surface area contributed by atoms with Gasteiger partial charge >= 0.3 is 0 Å². The lowest BCUT2D eigenvalue weighted by atomic mass is 9.86. The summed E-state index contributed by atoms with van der Waals surface area (Å²) in [5.74, 6) is 1.74. The van der Waals surface area contributed by atoms with Gasteiger partial charge in [-0.05, 0) is 17.7 Å². The van der Waals surface area contributed by atoms with E-state index in [0.717, 1.165) is 0 Å². The molecule has 2 heterocycles. The van der Waals surface area contributed by atoms with Gasteiger partial charge < -0.3 is 24.1 Å². The van der Waals surface area contributed by atoms with Gasteiger partial charge in [0.15, 0.2) is 16.7 Å². The number of rotatable bonds is 7. The Kier molecular flexibility index (Phi) is 6.17. The first-order chi connectivity index (χ1) is 13.9. The average molecular weight is 417 g/mol. The maximum Gasteiger partial charge on any atom is 0.279 e. The van der Waals surface area contributed by atoms with E-state index in [1.807, 2.05) is 0 Å². The highest BCUT2D eigenvalue weighted by atomic mass is 32.2. The first-order valence-electron chi connectivity index (χ1n) is 8.89. The van der Waals surface area contributed by atoms with Crippen molar-refractivity contribution in [1.29, 1.82) is 0 Å². The molecular weight excluding hydrogens is 394 g/mol. The van der Waals surface area contributed by atoms with Gasteiger partial charge in [-0.15, -0.1) is 6.58 Å². The minimum atomic E-state index is -0.489. The highest BCUT2D eigenvalue weighted by Crippen LogP contribution is 2.43. The summed E-state index contributed by atoms with van der Waals surface area (Å²) in [5.41, 5.74) is 0.772. The molecule has 0 radical (unpaired) electrons. The van der Waals surface area contributed by atoms with Crippen LogP contribution in [0.4, 0.5) is 5.82 Å². The van der Waals surface area contributed by atoms with Gasteiger partial charge in [0, 0.05) is 25.1 Å². The Morgan fingerprint density at radius 3 is 2.45 bits per heavy atom. The summed E-state index contributed by atoms with van der Waals surface area (Å²) in [7, 11) is 6.33. The second-order valence-electron chi connectivity index (χ2n) is 6.38. The molecule has 154 valence electrons. The second-order valence-corrected chi connectivity index (χ2v) is 7.37. The number of carbonyl (C=O) groups excluding carboxylic acids is 1. The van der Waals surface area contributed by atoms with Gasteiger partial charge in [0.05, 0.1) is 26.9 Å². The van der Waals surface area contributed by atoms with Gasteiger partial charge in [0.1, 0.15) is 5.82 Å². The number of thioether (sulfide) groups is 1. The fourth-order valence-corrected chi connectivity index (χ4v) is 4.08. The van der Waals surface area contributed by atoms with Crippen LogP contribution in [-0.2, 0) is 11.8 Å². The summed E-state index contributed by atoms with van der Waals surface area (Å²) in [4.78, 5) is 29.6. The minimum Gasteiger partial charge on any atom is -0.493 e. The van der Waals surface area contributed by atoms with Crippen molar-refractivity contribution < 1.29 is 19.0 Å². The highest BCUT2D eigenvalue weighted by molar-refractivity contribution is 7.99. The first-order valence-corrected chi connectivity index (χ1v) is 9.88. The molecule has 8 nitrogen and oxygen atoms in total. The monoisotopic (exact) mass is 417 g/mol. The summed E-state index contributed by atoms with van der Waals surface area (Å²) in [5, 5.41) is 3.34. The van der Waals surface area contributed by atoms with Crippen LogP contribution in [0.5, 0.6) is 17.2 Å². The van der Waals surface area contributed by atoms with Gasteiger partial charge in [-0.1, -0.05) is 17.8 Å². The van der Waals surface area contributed by atoms with Crippen molar-refractivity contribution in [2.24, 2.45) is 7.05 Å². The topological polar surface area (TPSA) is 91.7 Å². The zero-order valence-electron chi connectivity index (χ0n) is 16.8. The molecule has 1 atom stereocenters. The van der Waals surface area contributed by atoms with Gasteiger partial charge in [0.25, 0.3) is 5.56 Å². The number of benzene rings is 1.